The maximum Gasteiger partial charge on any atom is 0.319 e. The van der Waals surface area contributed by atoms with Crippen LogP contribution in [0.5, 0.6) is 0 Å². The Kier molecular flexibility index (Phi) is 4.78. The van der Waals surface area contributed by atoms with E-state index in [4.69, 9.17) is 11.6 Å². The summed E-state index contributed by atoms with van der Waals surface area (Å²) in [5, 5.41) is 20.1. The van der Waals surface area contributed by atoms with Crippen LogP contribution in [-0.2, 0) is 6.54 Å². The minimum atomic E-state index is -0.566. The van der Waals surface area contributed by atoms with Crippen LogP contribution < -0.4 is 10.6 Å². The maximum absolute atomic E-state index is 12.1. The zero-order valence-corrected chi connectivity index (χ0v) is 14.3. The van der Waals surface area contributed by atoms with Gasteiger partial charge in [-0.2, -0.15) is 5.10 Å². The summed E-state index contributed by atoms with van der Waals surface area (Å²) >= 11 is 5.87. The molecule has 3 N–H and O–H groups in total. The number of hydrogen-bond acceptors (Lipinski definition) is 3. The third-order valence-electron chi connectivity index (χ3n) is 4.35. The molecule has 3 rings (SSSR count). The van der Waals surface area contributed by atoms with Gasteiger partial charge >= 0.3 is 6.03 Å². The molecule has 1 fully saturated rings. The number of carbonyl (C=O) groups is 1. The summed E-state index contributed by atoms with van der Waals surface area (Å²) in [6.45, 7) is 2.39. The van der Waals surface area contributed by atoms with Crippen LogP contribution in [0, 0.1) is 5.92 Å². The van der Waals surface area contributed by atoms with Crippen molar-refractivity contribution in [3.8, 4) is 0 Å². The molecule has 0 bridgehead atoms. The smallest absolute Gasteiger partial charge is 0.319 e. The quantitative estimate of drug-likeness (QED) is 0.751. The summed E-state index contributed by atoms with van der Waals surface area (Å²) in [6, 6.07) is 7.21. The Bertz CT molecular complexity index is 712. The molecule has 0 spiro atoms. The van der Waals surface area contributed by atoms with E-state index in [-0.39, 0.29) is 12.6 Å². The van der Waals surface area contributed by atoms with Gasteiger partial charge in [-0.3, -0.25) is 4.68 Å². The topological polar surface area (TPSA) is 79.2 Å². The minimum absolute atomic E-state index is 0.0685. The number of aliphatic hydroxyl groups is 1. The SMILES string of the molecule is CC(CO)(NC(=O)Nc1cnn(Cc2ccc(Cl)cc2)c1)C1CC1. The van der Waals surface area contributed by atoms with Crippen LogP contribution in [-0.4, -0.2) is 33.1 Å². The van der Waals surface area contributed by atoms with Gasteiger partial charge in [-0.25, -0.2) is 4.79 Å². The van der Waals surface area contributed by atoms with Gasteiger partial charge in [0.25, 0.3) is 0 Å². The van der Waals surface area contributed by atoms with Crippen molar-refractivity contribution in [3.05, 3.63) is 47.2 Å². The number of hydrogen-bond donors (Lipinski definition) is 3. The third-order valence-corrected chi connectivity index (χ3v) is 4.61. The molecule has 1 aromatic heterocycles. The average Bonchev–Trinajstić information content (AvgIpc) is 3.33. The number of nitrogens with one attached hydrogen (secondary N) is 2. The van der Waals surface area contributed by atoms with Crippen molar-refractivity contribution < 1.29 is 9.90 Å². The standard InChI is InChI=1S/C17H21ClN4O2/c1-17(11-23,13-4-5-13)21-16(24)20-15-8-19-22(10-15)9-12-2-6-14(18)7-3-12/h2-3,6-8,10,13,23H,4-5,9,11H2,1H3,(H2,20,21,24). The second-order valence-corrected chi connectivity index (χ2v) is 6.92. The van der Waals surface area contributed by atoms with Gasteiger partial charge in [-0.05, 0) is 43.4 Å². The minimum Gasteiger partial charge on any atom is -0.394 e. The maximum atomic E-state index is 12.1. The summed E-state index contributed by atoms with van der Waals surface area (Å²) < 4.78 is 1.74. The molecule has 2 aromatic rings. The molecule has 1 unspecified atom stereocenters. The van der Waals surface area contributed by atoms with Crippen molar-refractivity contribution in [1.82, 2.24) is 15.1 Å². The Balaban J connectivity index is 1.57. The first-order valence-electron chi connectivity index (χ1n) is 7.95. The molecule has 1 aliphatic carbocycles. The van der Waals surface area contributed by atoms with E-state index >= 15 is 0 Å². The Morgan fingerprint density at radius 1 is 1.42 bits per heavy atom. The zero-order chi connectivity index (χ0) is 17.2. The molecule has 6 nitrogen and oxygen atoms in total. The predicted molar refractivity (Wildman–Crippen MR) is 93.2 cm³/mol. The van der Waals surface area contributed by atoms with Crippen LogP contribution in [0.3, 0.4) is 0 Å². The molecular weight excluding hydrogens is 328 g/mol. The van der Waals surface area contributed by atoms with Gasteiger partial charge in [0.15, 0.2) is 0 Å². The number of rotatable bonds is 6. The van der Waals surface area contributed by atoms with E-state index in [1.165, 1.54) is 0 Å². The van der Waals surface area contributed by atoms with Crippen molar-refractivity contribution >= 4 is 23.3 Å². The predicted octanol–water partition coefficient (Wildman–Crippen LogP) is 2.87. The van der Waals surface area contributed by atoms with Crippen LogP contribution >= 0.6 is 11.6 Å². The number of benzene rings is 1. The Morgan fingerprint density at radius 2 is 2.12 bits per heavy atom. The van der Waals surface area contributed by atoms with E-state index in [9.17, 15) is 9.90 Å². The number of nitrogens with zero attached hydrogens (tertiary/aromatic N) is 2. The van der Waals surface area contributed by atoms with Gasteiger partial charge < -0.3 is 15.7 Å². The first kappa shape index (κ1) is 16.8. The van der Waals surface area contributed by atoms with Crippen molar-refractivity contribution in [2.75, 3.05) is 11.9 Å². The average molecular weight is 349 g/mol. The fourth-order valence-corrected chi connectivity index (χ4v) is 2.83. The van der Waals surface area contributed by atoms with Gasteiger partial charge in [0.05, 0.1) is 30.6 Å². The molecule has 24 heavy (non-hydrogen) atoms. The second kappa shape index (κ2) is 6.83. The highest BCUT2D eigenvalue weighted by Crippen LogP contribution is 2.39. The Hall–Kier alpha value is -2.05. The molecule has 0 radical (unpaired) electrons. The summed E-state index contributed by atoms with van der Waals surface area (Å²) in [4.78, 5) is 12.1. The van der Waals surface area contributed by atoms with Crippen LogP contribution in [0.25, 0.3) is 0 Å². The van der Waals surface area contributed by atoms with E-state index in [0.29, 0.717) is 23.2 Å². The van der Waals surface area contributed by atoms with Crippen LogP contribution in [0.1, 0.15) is 25.3 Å². The lowest BCUT2D eigenvalue weighted by molar-refractivity contribution is 0.159. The molecule has 1 atom stereocenters. The van der Waals surface area contributed by atoms with Gasteiger partial charge in [0.1, 0.15) is 0 Å². The highest BCUT2D eigenvalue weighted by molar-refractivity contribution is 6.30. The zero-order valence-electron chi connectivity index (χ0n) is 13.5. The van der Waals surface area contributed by atoms with E-state index in [1.54, 1.807) is 17.1 Å². The number of halogens is 1. The molecule has 128 valence electrons. The van der Waals surface area contributed by atoms with Crippen molar-refractivity contribution in [2.45, 2.75) is 31.8 Å². The van der Waals surface area contributed by atoms with E-state index < -0.39 is 5.54 Å². The lowest BCUT2D eigenvalue weighted by atomic mass is 9.97. The summed E-state index contributed by atoms with van der Waals surface area (Å²) in [7, 11) is 0. The lowest BCUT2D eigenvalue weighted by Crippen LogP contribution is -2.52. The summed E-state index contributed by atoms with van der Waals surface area (Å²) in [5.41, 5.74) is 1.11. The molecule has 0 saturated heterocycles. The fraction of sp³-hybridized carbons (Fsp3) is 0.412. The van der Waals surface area contributed by atoms with Crippen LogP contribution in [0.15, 0.2) is 36.7 Å². The monoisotopic (exact) mass is 348 g/mol. The fourth-order valence-electron chi connectivity index (χ4n) is 2.70. The Morgan fingerprint density at radius 3 is 2.75 bits per heavy atom. The number of aromatic nitrogens is 2. The molecule has 1 saturated carbocycles. The van der Waals surface area contributed by atoms with Crippen LogP contribution in [0.4, 0.5) is 10.5 Å². The number of urea groups is 1. The molecule has 1 aliphatic rings. The molecule has 2 amide bonds. The number of aliphatic hydroxyl groups excluding tert-OH is 1. The largest absolute Gasteiger partial charge is 0.394 e. The highest BCUT2D eigenvalue weighted by Gasteiger charge is 2.42. The normalized spacial score (nSPS) is 16.5. The van der Waals surface area contributed by atoms with Gasteiger partial charge in [-0.15, -0.1) is 0 Å². The number of amides is 2. The summed E-state index contributed by atoms with van der Waals surface area (Å²) in [5.74, 6) is 0.348. The summed E-state index contributed by atoms with van der Waals surface area (Å²) in [6.07, 6.45) is 5.44. The van der Waals surface area contributed by atoms with Gasteiger partial charge in [0, 0.05) is 11.2 Å². The van der Waals surface area contributed by atoms with Crippen molar-refractivity contribution in [2.24, 2.45) is 5.92 Å². The van der Waals surface area contributed by atoms with Gasteiger partial charge in [-0.1, -0.05) is 23.7 Å². The third kappa shape index (κ3) is 4.07. The molecule has 1 aromatic carbocycles. The molecule has 1 heterocycles. The highest BCUT2D eigenvalue weighted by atomic mass is 35.5. The van der Waals surface area contributed by atoms with Gasteiger partial charge in [0.2, 0.25) is 0 Å². The van der Waals surface area contributed by atoms with E-state index in [1.807, 2.05) is 31.2 Å². The number of anilines is 1. The first-order chi connectivity index (χ1) is 11.5. The lowest BCUT2D eigenvalue weighted by Gasteiger charge is -2.28. The Labute approximate surface area is 145 Å². The molecule has 7 heteroatoms. The van der Waals surface area contributed by atoms with Crippen molar-refractivity contribution in [1.29, 1.82) is 0 Å². The van der Waals surface area contributed by atoms with E-state index in [0.717, 1.165) is 18.4 Å². The molecular formula is C17H21ClN4O2. The number of carbonyl (C=O) groups excluding carboxylic acids is 1. The second-order valence-electron chi connectivity index (χ2n) is 6.48. The first-order valence-corrected chi connectivity index (χ1v) is 8.33. The molecule has 0 aliphatic heterocycles. The van der Waals surface area contributed by atoms with E-state index in [2.05, 4.69) is 15.7 Å². The van der Waals surface area contributed by atoms with Crippen molar-refractivity contribution in [3.63, 3.8) is 0 Å². The van der Waals surface area contributed by atoms with Crippen LogP contribution in [0.2, 0.25) is 5.02 Å².